The van der Waals surface area contributed by atoms with Crippen LogP contribution in [0.4, 0.5) is 0 Å². The van der Waals surface area contributed by atoms with Crippen LogP contribution in [0.1, 0.15) is 62.7 Å². The zero-order valence-electron chi connectivity index (χ0n) is 24.1. The van der Waals surface area contributed by atoms with Gasteiger partial charge in [0.05, 0.1) is 0 Å². The van der Waals surface area contributed by atoms with E-state index in [1.165, 1.54) is 24.3 Å². The third-order valence-electron chi connectivity index (χ3n) is 5.50. The fourth-order valence-corrected chi connectivity index (χ4v) is 3.87. The van der Waals surface area contributed by atoms with Crippen molar-refractivity contribution in [3.05, 3.63) is 80.5 Å². The number of hydrogen-bond acceptors (Lipinski definition) is 11. The summed E-state index contributed by atoms with van der Waals surface area (Å²) in [6.07, 6.45) is -1.17. The van der Waals surface area contributed by atoms with Crippen LogP contribution in [-0.4, -0.2) is 47.6 Å². The predicted octanol–water partition coefficient (Wildman–Crippen LogP) is 4.63. The summed E-state index contributed by atoms with van der Waals surface area (Å²) in [6, 6.07) is 11.3. The van der Waals surface area contributed by atoms with Crippen molar-refractivity contribution in [3.63, 3.8) is 0 Å². The van der Waals surface area contributed by atoms with Gasteiger partial charge < -0.3 is 32.9 Å². The molecule has 0 amide bonds. The first-order valence-corrected chi connectivity index (χ1v) is 13.2. The molecule has 1 N–H and O–H groups in total. The largest absolute Gasteiger partial charge is 0.490 e. The van der Waals surface area contributed by atoms with E-state index in [9.17, 15) is 24.3 Å². The average molecular weight is 581 g/mol. The lowest BCUT2D eigenvalue weighted by Gasteiger charge is -2.19. The number of fused-ring (bicyclic) bond motifs is 2. The molecular formula is C31H32O11. The molecule has 0 saturated heterocycles. The van der Waals surface area contributed by atoms with Gasteiger partial charge in [0.2, 0.25) is 11.5 Å². The Balaban J connectivity index is 1.46. The Labute approximate surface area is 240 Å². The van der Waals surface area contributed by atoms with Crippen LogP contribution in [0.5, 0.6) is 11.5 Å². The Morgan fingerprint density at radius 2 is 1.10 bits per heavy atom. The van der Waals surface area contributed by atoms with Crippen molar-refractivity contribution in [1.82, 2.24) is 0 Å². The van der Waals surface area contributed by atoms with Crippen molar-refractivity contribution in [2.24, 2.45) is 0 Å². The second-order valence-electron chi connectivity index (χ2n) is 11.5. The van der Waals surface area contributed by atoms with Gasteiger partial charge in [0.25, 0.3) is 0 Å². The van der Waals surface area contributed by atoms with Crippen LogP contribution in [-0.2, 0) is 9.47 Å². The fourth-order valence-electron chi connectivity index (χ4n) is 3.87. The molecule has 0 bridgehead atoms. The number of carbonyl (C=O) groups is 2. The highest BCUT2D eigenvalue weighted by atomic mass is 16.6. The van der Waals surface area contributed by atoms with E-state index in [0.717, 1.165) is 12.1 Å². The topological polar surface area (TPSA) is 152 Å². The third-order valence-corrected chi connectivity index (χ3v) is 5.50. The molecule has 11 heteroatoms. The summed E-state index contributed by atoms with van der Waals surface area (Å²) in [6.45, 7) is 9.64. The minimum atomic E-state index is -1.17. The smallest absolute Gasteiger partial charge is 0.374 e. The van der Waals surface area contributed by atoms with Crippen LogP contribution in [0, 0.1) is 0 Å². The van der Waals surface area contributed by atoms with Crippen LogP contribution in [0.15, 0.2) is 67.0 Å². The Bertz CT molecular complexity index is 1620. The molecule has 4 rings (SSSR count). The average Bonchev–Trinajstić information content (AvgIpc) is 2.88. The monoisotopic (exact) mass is 580 g/mol. The number of carbonyl (C=O) groups excluding carboxylic acids is 2. The molecular weight excluding hydrogens is 548 g/mol. The number of benzene rings is 2. The van der Waals surface area contributed by atoms with E-state index >= 15 is 0 Å². The van der Waals surface area contributed by atoms with Gasteiger partial charge in [-0.05, 0) is 65.8 Å². The van der Waals surface area contributed by atoms with Crippen LogP contribution in [0.3, 0.4) is 0 Å². The van der Waals surface area contributed by atoms with Crippen molar-refractivity contribution in [3.8, 4) is 11.5 Å². The second kappa shape index (κ2) is 11.7. The molecule has 0 aliphatic carbocycles. The molecule has 0 atom stereocenters. The summed E-state index contributed by atoms with van der Waals surface area (Å²) >= 11 is 0. The summed E-state index contributed by atoms with van der Waals surface area (Å²) < 4.78 is 33.1. The Hall–Kier alpha value is -4.64. The number of aliphatic hydroxyl groups is 1. The molecule has 0 spiro atoms. The molecule has 0 radical (unpaired) electrons. The van der Waals surface area contributed by atoms with Gasteiger partial charge in [0.1, 0.15) is 64.0 Å². The quantitative estimate of drug-likeness (QED) is 0.290. The van der Waals surface area contributed by atoms with Crippen LogP contribution < -0.4 is 20.3 Å². The van der Waals surface area contributed by atoms with Crippen molar-refractivity contribution < 1.29 is 42.5 Å². The number of rotatable bonds is 8. The van der Waals surface area contributed by atoms with Gasteiger partial charge in [-0.1, -0.05) is 12.1 Å². The van der Waals surface area contributed by atoms with E-state index in [2.05, 4.69) is 0 Å². The van der Waals surface area contributed by atoms with Gasteiger partial charge >= 0.3 is 11.9 Å². The van der Waals surface area contributed by atoms with Crippen LogP contribution in [0.25, 0.3) is 21.9 Å². The van der Waals surface area contributed by atoms with E-state index in [-0.39, 0.29) is 58.2 Å². The maximum atomic E-state index is 12.8. The van der Waals surface area contributed by atoms with Crippen LogP contribution in [0.2, 0.25) is 0 Å². The number of esters is 2. The predicted molar refractivity (Wildman–Crippen MR) is 152 cm³/mol. The van der Waals surface area contributed by atoms with Crippen molar-refractivity contribution in [2.45, 2.75) is 58.8 Å². The molecule has 11 nitrogen and oxygen atoms in total. The minimum absolute atomic E-state index is 0.0883. The first-order valence-electron chi connectivity index (χ1n) is 13.2. The van der Waals surface area contributed by atoms with Gasteiger partial charge in [-0.25, -0.2) is 9.59 Å². The highest BCUT2D eigenvalue weighted by Crippen LogP contribution is 2.26. The first-order chi connectivity index (χ1) is 19.6. The van der Waals surface area contributed by atoms with E-state index < -0.39 is 40.1 Å². The Kier molecular flexibility index (Phi) is 8.44. The Morgan fingerprint density at radius 1 is 0.714 bits per heavy atom. The molecule has 2 aromatic carbocycles. The lowest BCUT2D eigenvalue weighted by molar-refractivity contribution is 0.00249. The summed E-state index contributed by atoms with van der Waals surface area (Å²) in [5, 5.41) is 10.7. The zero-order valence-corrected chi connectivity index (χ0v) is 24.1. The lowest BCUT2D eigenvalue weighted by atomic mass is 10.2. The van der Waals surface area contributed by atoms with Gasteiger partial charge in [0.15, 0.2) is 10.9 Å². The van der Waals surface area contributed by atoms with E-state index in [0.29, 0.717) is 0 Å². The Morgan fingerprint density at radius 3 is 1.45 bits per heavy atom. The maximum Gasteiger partial charge on any atom is 0.374 e. The molecule has 2 aromatic heterocycles. The molecule has 0 unspecified atom stereocenters. The highest BCUT2D eigenvalue weighted by Gasteiger charge is 2.23. The molecule has 4 aromatic rings. The van der Waals surface area contributed by atoms with Gasteiger partial charge in [0, 0.05) is 12.1 Å². The summed E-state index contributed by atoms with van der Waals surface area (Å²) in [5.74, 6) is -1.77. The summed E-state index contributed by atoms with van der Waals surface area (Å²) in [7, 11) is 0. The van der Waals surface area contributed by atoms with Crippen molar-refractivity contribution in [2.75, 3.05) is 13.2 Å². The van der Waals surface area contributed by atoms with Gasteiger partial charge in [-0.15, -0.1) is 0 Å². The molecule has 2 heterocycles. The maximum absolute atomic E-state index is 12.8. The normalized spacial score (nSPS) is 12.0. The van der Waals surface area contributed by atoms with Gasteiger partial charge in [-0.2, -0.15) is 0 Å². The highest BCUT2D eigenvalue weighted by molar-refractivity contribution is 5.91. The second-order valence-corrected chi connectivity index (χ2v) is 11.5. The molecule has 0 aliphatic heterocycles. The number of ether oxygens (including phenoxy) is 4. The summed E-state index contributed by atoms with van der Waals surface area (Å²) in [4.78, 5) is 50.4. The fraction of sp³-hybridized carbons (Fsp3) is 0.355. The third kappa shape index (κ3) is 7.35. The van der Waals surface area contributed by atoms with E-state index in [1.807, 2.05) is 0 Å². The lowest BCUT2D eigenvalue weighted by Crippen LogP contribution is -2.26. The standard InChI is InChI=1S/C31H32O11/c1-30(2,3)41-28(35)24-13-18(33)26-20(9-7-11-22(26)39-24)37-15-17(32)16-38-21-10-8-12-23-27(21)19(34)14-25(40-23)29(36)42-31(4,5)6/h7-14,17,32H,15-16H2,1-6H3. The minimum Gasteiger partial charge on any atom is -0.490 e. The number of aliphatic hydroxyl groups excluding tert-OH is 1. The molecule has 0 saturated carbocycles. The van der Waals surface area contributed by atoms with Gasteiger partial charge in [-0.3, -0.25) is 9.59 Å². The first kappa shape index (κ1) is 30.3. The zero-order chi connectivity index (χ0) is 30.8. The molecule has 42 heavy (non-hydrogen) atoms. The van der Waals surface area contributed by atoms with Crippen LogP contribution >= 0.6 is 0 Å². The van der Waals surface area contributed by atoms with Crippen molar-refractivity contribution in [1.29, 1.82) is 0 Å². The molecule has 0 fully saturated rings. The molecule has 0 aliphatic rings. The molecule has 222 valence electrons. The summed E-state index contributed by atoms with van der Waals surface area (Å²) in [5.41, 5.74) is -2.36. The van der Waals surface area contributed by atoms with Crippen molar-refractivity contribution >= 4 is 33.9 Å². The van der Waals surface area contributed by atoms with E-state index in [4.69, 9.17) is 27.8 Å². The van der Waals surface area contributed by atoms with E-state index in [1.54, 1.807) is 53.7 Å². The number of hydrogen-bond donors (Lipinski definition) is 1. The SMILES string of the molecule is CC(C)(C)OC(=O)c1cc(=O)c2c(OCC(O)COc3cccc4oc(C(=O)OC(C)(C)C)cc(=O)c34)cccc2o1.